The largest absolute Gasteiger partial charge is 0.466 e. The van der Waals surface area contributed by atoms with E-state index in [2.05, 4.69) is 5.32 Å². The molecule has 118 valence electrons. The molecule has 0 aliphatic heterocycles. The fourth-order valence-corrected chi connectivity index (χ4v) is 3.87. The van der Waals surface area contributed by atoms with Crippen LogP contribution in [0.3, 0.4) is 0 Å². The van der Waals surface area contributed by atoms with E-state index >= 15 is 0 Å². The van der Waals surface area contributed by atoms with Crippen LogP contribution in [0.25, 0.3) is 0 Å². The molecule has 2 aromatic rings. The summed E-state index contributed by atoms with van der Waals surface area (Å²) in [5.41, 5.74) is 0.507. The molecule has 1 aliphatic carbocycles. The zero-order chi connectivity index (χ0) is 15.7. The van der Waals surface area contributed by atoms with Crippen molar-refractivity contribution in [1.29, 1.82) is 0 Å². The van der Waals surface area contributed by atoms with Crippen LogP contribution in [0.5, 0.6) is 0 Å². The van der Waals surface area contributed by atoms with Gasteiger partial charge in [-0.05, 0) is 50.6 Å². The normalized spacial score (nSPS) is 17.2. The van der Waals surface area contributed by atoms with Gasteiger partial charge in [0.05, 0.1) is 11.5 Å². The Labute approximate surface area is 134 Å². The van der Waals surface area contributed by atoms with Crippen molar-refractivity contribution in [3.05, 3.63) is 45.5 Å². The van der Waals surface area contributed by atoms with Crippen molar-refractivity contribution < 1.29 is 14.3 Å². The van der Waals surface area contributed by atoms with Crippen LogP contribution >= 0.6 is 11.3 Å². The summed E-state index contributed by atoms with van der Waals surface area (Å²) < 4.78 is 5.43. The van der Waals surface area contributed by atoms with Gasteiger partial charge < -0.3 is 14.8 Å². The summed E-state index contributed by atoms with van der Waals surface area (Å²) in [4.78, 5) is 13.6. The molecule has 2 N–H and O–H groups in total. The zero-order valence-corrected chi connectivity index (χ0v) is 13.7. The minimum Gasteiger partial charge on any atom is -0.466 e. The fraction of sp³-hybridized carbons (Fsp3) is 0.471. The molecular weight excluding hydrogens is 298 g/mol. The van der Waals surface area contributed by atoms with Gasteiger partial charge in [-0.1, -0.05) is 6.07 Å². The van der Waals surface area contributed by atoms with E-state index in [1.165, 1.54) is 0 Å². The zero-order valence-electron chi connectivity index (χ0n) is 12.9. The summed E-state index contributed by atoms with van der Waals surface area (Å²) >= 11 is 1.64. The smallest absolute Gasteiger partial charge is 0.231 e. The number of carbonyl (C=O) groups is 1. The molecule has 2 aromatic heterocycles. The van der Waals surface area contributed by atoms with Gasteiger partial charge in [0, 0.05) is 17.0 Å². The van der Waals surface area contributed by atoms with E-state index in [0.29, 0.717) is 13.0 Å². The van der Waals surface area contributed by atoms with Crippen LogP contribution in [0.4, 0.5) is 0 Å². The van der Waals surface area contributed by atoms with Crippen molar-refractivity contribution in [3.8, 4) is 0 Å². The summed E-state index contributed by atoms with van der Waals surface area (Å²) in [7, 11) is 0. The predicted octanol–water partition coefficient (Wildman–Crippen LogP) is 3.23. The molecule has 1 saturated carbocycles. The molecule has 1 amide bonds. The van der Waals surface area contributed by atoms with Crippen molar-refractivity contribution in [3.63, 3.8) is 0 Å². The average Bonchev–Trinajstić information content (AvgIpc) is 2.95. The maximum atomic E-state index is 12.4. The van der Waals surface area contributed by atoms with E-state index in [1.807, 2.05) is 37.4 Å². The van der Waals surface area contributed by atoms with Gasteiger partial charge >= 0.3 is 0 Å². The average molecular weight is 319 g/mol. The summed E-state index contributed by atoms with van der Waals surface area (Å²) in [6.45, 7) is 4.18. The van der Waals surface area contributed by atoms with Crippen LogP contribution in [0, 0.1) is 13.8 Å². The van der Waals surface area contributed by atoms with Crippen molar-refractivity contribution in [2.75, 3.05) is 6.54 Å². The molecule has 4 nitrogen and oxygen atoms in total. The SMILES string of the molecule is Cc1cc(C(O)CCNC(=O)C2(c3cccs3)CC2)c(C)o1. The van der Waals surface area contributed by atoms with E-state index in [-0.39, 0.29) is 11.3 Å². The number of hydrogen-bond donors (Lipinski definition) is 2. The summed E-state index contributed by atoms with van der Waals surface area (Å²) in [6, 6.07) is 5.88. The third-order valence-corrected chi connectivity index (χ3v) is 5.39. The second kappa shape index (κ2) is 5.89. The van der Waals surface area contributed by atoms with Crippen molar-refractivity contribution >= 4 is 17.2 Å². The molecule has 1 atom stereocenters. The topological polar surface area (TPSA) is 62.5 Å². The van der Waals surface area contributed by atoms with Crippen LogP contribution in [-0.4, -0.2) is 17.6 Å². The molecule has 1 aliphatic rings. The lowest BCUT2D eigenvalue weighted by Gasteiger charge is -2.15. The van der Waals surface area contributed by atoms with Crippen molar-refractivity contribution in [2.24, 2.45) is 0 Å². The number of nitrogens with one attached hydrogen (secondary N) is 1. The second-order valence-corrected chi connectivity index (χ2v) is 6.94. The molecule has 0 bridgehead atoms. The first-order valence-corrected chi connectivity index (χ1v) is 8.48. The van der Waals surface area contributed by atoms with E-state index in [4.69, 9.17) is 4.42 Å². The minimum atomic E-state index is -0.602. The van der Waals surface area contributed by atoms with Gasteiger partial charge in [-0.25, -0.2) is 0 Å². The highest BCUT2D eigenvalue weighted by molar-refractivity contribution is 7.10. The first-order valence-electron chi connectivity index (χ1n) is 7.60. The highest BCUT2D eigenvalue weighted by Crippen LogP contribution is 2.50. The number of aliphatic hydroxyl groups excluding tert-OH is 1. The number of hydrogen-bond acceptors (Lipinski definition) is 4. The molecule has 3 rings (SSSR count). The minimum absolute atomic E-state index is 0.0854. The van der Waals surface area contributed by atoms with Gasteiger partial charge in [-0.15, -0.1) is 11.3 Å². The third kappa shape index (κ3) is 2.83. The third-order valence-electron chi connectivity index (χ3n) is 4.32. The molecular formula is C17H21NO3S. The van der Waals surface area contributed by atoms with Crippen LogP contribution in [-0.2, 0) is 10.2 Å². The summed E-state index contributed by atoms with van der Waals surface area (Å²) in [5.74, 6) is 1.63. The molecule has 0 radical (unpaired) electrons. The van der Waals surface area contributed by atoms with Crippen molar-refractivity contribution in [1.82, 2.24) is 5.32 Å². The Hall–Kier alpha value is -1.59. The number of amides is 1. The standard InChI is InChI=1S/C17H21NO3S/c1-11-10-13(12(2)21-11)14(19)5-8-18-16(20)17(6-7-17)15-4-3-9-22-15/h3-4,9-10,14,19H,5-8H2,1-2H3,(H,18,20). The quantitative estimate of drug-likeness (QED) is 0.859. The molecule has 1 unspecified atom stereocenters. The van der Waals surface area contributed by atoms with E-state index in [9.17, 15) is 9.90 Å². The molecule has 5 heteroatoms. The predicted molar refractivity (Wildman–Crippen MR) is 86.0 cm³/mol. The number of thiophene rings is 1. The monoisotopic (exact) mass is 319 g/mol. The molecule has 0 spiro atoms. The Morgan fingerprint density at radius 2 is 2.27 bits per heavy atom. The molecule has 22 heavy (non-hydrogen) atoms. The molecule has 2 heterocycles. The number of rotatable bonds is 6. The van der Waals surface area contributed by atoms with Crippen LogP contribution < -0.4 is 5.32 Å². The molecule has 1 fully saturated rings. The lowest BCUT2D eigenvalue weighted by Crippen LogP contribution is -2.35. The van der Waals surface area contributed by atoms with Gasteiger partial charge in [0.1, 0.15) is 11.5 Å². The van der Waals surface area contributed by atoms with Crippen LogP contribution in [0.1, 0.15) is 47.3 Å². The maximum Gasteiger partial charge on any atom is 0.231 e. The van der Waals surface area contributed by atoms with E-state index in [1.54, 1.807) is 11.3 Å². The number of furan rings is 1. The Balaban J connectivity index is 1.53. The Morgan fingerprint density at radius 3 is 2.82 bits per heavy atom. The number of carbonyl (C=O) groups excluding carboxylic acids is 1. The first-order chi connectivity index (χ1) is 10.5. The highest BCUT2D eigenvalue weighted by Gasteiger charge is 2.51. The fourth-order valence-electron chi connectivity index (χ4n) is 2.89. The van der Waals surface area contributed by atoms with Gasteiger partial charge in [-0.2, -0.15) is 0 Å². The first kappa shape index (κ1) is 15.3. The molecule has 0 saturated heterocycles. The Bertz CT molecular complexity index is 656. The number of aryl methyl sites for hydroxylation is 2. The van der Waals surface area contributed by atoms with Crippen LogP contribution in [0.15, 0.2) is 28.0 Å². The molecule has 0 aromatic carbocycles. The summed E-state index contributed by atoms with van der Waals surface area (Å²) in [5, 5.41) is 15.2. The maximum absolute atomic E-state index is 12.4. The Kier molecular flexibility index (Phi) is 4.10. The van der Waals surface area contributed by atoms with Gasteiger partial charge in [0.2, 0.25) is 5.91 Å². The van der Waals surface area contributed by atoms with Gasteiger partial charge in [0.15, 0.2) is 0 Å². The Morgan fingerprint density at radius 1 is 1.50 bits per heavy atom. The second-order valence-electron chi connectivity index (χ2n) is 5.99. The number of aliphatic hydroxyl groups is 1. The van der Waals surface area contributed by atoms with Crippen LogP contribution in [0.2, 0.25) is 0 Å². The lowest BCUT2D eigenvalue weighted by molar-refractivity contribution is -0.123. The lowest BCUT2D eigenvalue weighted by atomic mass is 10.0. The van der Waals surface area contributed by atoms with Crippen molar-refractivity contribution in [2.45, 2.75) is 44.6 Å². The van der Waals surface area contributed by atoms with Gasteiger partial charge in [-0.3, -0.25) is 4.79 Å². The van der Waals surface area contributed by atoms with Gasteiger partial charge in [0.25, 0.3) is 0 Å². The van der Waals surface area contributed by atoms with E-state index in [0.717, 1.165) is 34.8 Å². The highest BCUT2D eigenvalue weighted by atomic mass is 32.1. The summed E-state index contributed by atoms with van der Waals surface area (Å²) in [6.07, 6.45) is 1.73. The van der Waals surface area contributed by atoms with E-state index < -0.39 is 6.10 Å².